The first-order chi connectivity index (χ1) is 14.6. The second kappa shape index (κ2) is 8.66. The van der Waals surface area contributed by atoms with Crippen LogP contribution in [0.1, 0.15) is 15.9 Å². The Labute approximate surface area is 174 Å². The highest BCUT2D eigenvalue weighted by Crippen LogP contribution is 2.19. The van der Waals surface area contributed by atoms with Gasteiger partial charge in [-0.1, -0.05) is 54.1 Å². The fourth-order valence-corrected chi connectivity index (χ4v) is 3.24. The van der Waals surface area contributed by atoms with E-state index in [4.69, 9.17) is 9.47 Å². The molecule has 150 valence electrons. The molecule has 0 spiro atoms. The van der Waals surface area contributed by atoms with Crippen molar-refractivity contribution >= 4 is 16.7 Å². The number of nitrogens with zero attached hydrogens (tertiary/aromatic N) is 1. The fourth-order valence-electron chi connectivity index (χ4n) is 3.24. The maximum absolute atomic E-state index is 13.0. The molecule has 1 heterocycles. The van der Waals surface area contributed by atoms with Crippen LogP contribution >= 0.6 is 0 Å². The minimum Gasteiger partial charge on any atom is -0.490 e. The lowest BCUT2D eigenvalue weighted by atomic mass is 10.1. The molecule has 0 bridgehead atoms. The number of hydrogen-bond acceptors (Lipinski definition) is 4. The number of para-hydroxylation sites is 1. The van der Waals surface area contributed by atoms with Crippen LogP contribution in [0.5, 0.6) is 5.75 Å². The summed E-state index contributed by atoms with van der Waals surface area (Å²) in [7, 11) is 0. The van der Waals surface area contributed by atoms with Gasteiger partial charge in [-0.25, -0.2) is 4.79 Å². The van der Waals surface area contributed by atoms with E-state index < -0.39 is 5.97 Å². The van der Waals surface area contributed by atoms with Crippen LogP contribution in [0.25, 0.3) is 16.5 Å². The average Bonchev–Trinajstić information content (AvgIpc) is 2.78. The Morgan fingerprint density at radius 3 is 2.23 bits per heavy atom. The van der Waals surface area contributed by atoms with Crippen molar-refractivity contribution in [3.8, 4) is 11.4 Å². The van der Waals surface area contributed by atoms with Crippen LogP contribution in [0, 0.1) is 6.92 Å². The van der Waals surface area contributed by atoms with E-state index in [1.807, 2.05) is 61.5 Å². The van der Waals surface area contributed by atoms with E-state index in [9.17, 15) is 9.59 Å². The fraction of sp³-hybridized carbons (Fsp3) is 0.120. The van der Waals surface area contributed by atoms with Gasteiger partial charge in [0.15, 0.2) is 0 Å². The van der Waals surface area contributed by atoms with Gasteiger partial charge in [-0.15, -0.1) is 0 Å². The summed E-state index contributed by atoms with van der Waals surface area (Å²) in [4.78, 5) is 25.8. The molecule has 0 amide bonds. The number of ether oxygens (including phenoxy) is 2. The highest BCUT2D eigenvalue weighted by atomic mass is 16.6. The number of aryl methyl sites for hydroxylation is 1. The lowest BCUT2D eigenvalue weighted by Gasteiger charge is -2.13. The van der Waals surface area contributed by atoms with Crippen molar-refractivity contribution in [2.75, 3.05) is 13.2 Å². The van der Waals surface area contributed by atoms with Gasteiger partial charge in [-0.05, 0) is 37.3 Å². The summed E-state index contributed by atoms with van der Waals surface area (Å²) in [5.74, 6) is 0.218. The summed E-state index contributed by atoms with van der Waals surface area (Å²) < 4.78 is 12.5. The molecule has 0 saturated heterocycles. The molecule has 0 atom stereocenters. The standard InChI is InChI=1S/C25H21NO4/c1-18-11-13-19(14-12-18)26-17-23(21-9-5-6-10-22(21)24(26)27)25(28)30-16-15-29-20-7-3-2-4-8-20/h2-14,17H,15-16H2,1H3. The van der Waals surface area contributed by atoms with Gasteiger partial charge in [0, 0.05) is 22.7 Å². The number of rotatable bonds is 6. The Morgan fingerprint density at radius 1 is 0.833 bits per heavy atom. The lowest BCUT2D eigenvalue weighted by molar-refractivity contribution is 0.0452. The zero-order valence-corrected chi connectivity index (χ0v) is 16.6. The summed E-state index contributed by atoms with van der Waals surface area (Å²) in [5.41, 5.74) is 1.94. The van der Waals surface area contributed by atoms with Gasteiger partial charge in [0.2, 0.25) is 0 Å². The molecule has 0 aliphatic carbocycles. The van der Waals surface area contributed by atoms with Crippen molar-refractivity contribution in [1.82, 2.24) is 4.57 Å². The van der Waals surface area contributed by atoms with E-state index in [0.717, 1.165) is 5.56 Å². The molecule has 0 unspecified atom stereocenters. The quantitative estimate of drug-likeness (QED) is 0.353. The van der Waals surface area contributed by atoms with E-state index in [1.165, 1.54) is 4.57 Å². The Morgan fingerprint density at radius 2 is 1.50 bits per heavy atom. The third-order valence-electron chi connectivity index (χ3n) is 4.79. The van der Waals surface area contributed by atoms with E-state index in [2.05, 4.69) is 0 Å². The first-order valence-corrected chi connectivity index (χ1v) is 9.70. The molecule has 5 nitrogen and oxygen atoms in total. The predicted molar refractivity (Wildman–Crippen MR) is 117 cm³/mol. The Balaban J connectivity index is 1.60. The summed E-state index contributed by atoms with van der Waals surface area (Å²) in [6.45, 7) is 2.32. The maximum Gasteiger partial charge on any atom is 0.340 e. The molecule has 0 saturated carbocycles. The van der Waals surface area contributed by atoms with Crippen LogP contribution in [0.15, 0.2) is 89.9 Å². The third-order valence-corrected chi connectivity index (χ3v) is 4.79. The molecule has 30 heavy (non-hydrogen) atoms. The van der Waals surface area contributed by atoms with Crippen molar-refractivity contribution in [3.63, 3.8) is 0 Å². The summed E-state index contributed by atoms with van der Waals surface area (Å²) in [5, 5.41) is 1.04. The second-order valence-corrected chi connectivity index (χ2v) is 6.90. The van der Waals surface area contributed by atoms with Crippen LogP contribution < -0.4 is 10.3 Å². The maximum atomic E-state index is 13.0. The molecule has 4 rings (SSSR count). The molecular weight excluding hydrogens is 378 g/mol. The van der Waals surface area contributed by atoms with E-state index >= 15 is 0 Å². The van der Waals surface area contributed by atoms with Crippen LogP contribution in [-0.4, -0.2) is 23.8 Å². The minimum atomic E-state index is -0.497. The number of pyridine rings is 1. The van der Waals surface area contributed by atoms with Gasteiger partial charge < -0.3 is 9.47 Å². The van der Waals surface area contributed by atoms with Crippen molar-refractivity contribution < 1.29 is 14.3 Å². The normalized spacial score (nSPS) is 10.7. The average molecular weight is 399 g/mol. The molecule has 1 aromatic heterocycles. The van der Waals surface area contributed by atoms with Crippen molar-refractivity contribution in [1.29, 1.82) is 0 Å². The lowest BCUT2D eigenvalue weighted by Crippen LogP contribution is -2.22. The van der Waals surface area contributed by atoms with E-state index in [-0.39, 0.29) is 18.8 Å². The highest BCUT2D eigenvalue weighted by molar-refractivity contribution is 6.04. The molecular formula is C25H21NO4. The monoisotopic (exact) mass is 399 g/mol. The van der Waals surface area contributed by atoms with Crippen molar-refractivity contribution in [2.45, 2.75) is 6.92 Å². The largest absolute Gasteiger partial charge is 0.490 e. The number of hydrogen-bond donors (Lipinski definition) is 0. The second-order valence-electron chi connectivity index (χ2n) is 6.90. The van der Waals surface area contributed by atoms with Gasteiger partial charge in [-0.2, -0.15) is 0 Å². The Bertz CT molecular complexity index is 1230. The van der Waals surface area contributed by atoms with Crippen LogP contribution in [0.2, 0.25) is 0 Å². The first-order valence-electron chi connectivity index (χ1n) is 9.70. The molecule has 4 aromatic rings. The number of fused-ring (bicyclic) bond motifs is 1. The minimum absolute atomic E-state index is 0.103. The van der Waals surface area contributed by atoms with Gasteiger partial charge in [0.25, 0.3) is 5.56 Å². The van der Waals surface area contributed by atoms with Crippen LogP contribution in [0.3, 0.4) is 0 Å². The molecule has 0 aliphatic rings. The summed E-state index contributed by atoms with van der Waals surface area (Å²) in [6.07, 6.45) is 1.55. The Kier molecular flexibility index (Phi) is 5.61. The molecule has 0 aliphatic heterocycles. The number of carbonyl (C=O) groups is 1. The molecule has 5 heteroatoms. The smallest absolute Gasteiger partial charge is 0.340 e. The highest BCUT2D eigenvalue weighted by Gasteiger charge is 2.16. The predicted octanol–water partition coefficient (Wildman–Crippen LogP) is 4.53. The van der Waals surface area contributed by atoms with Crippen molar-refractivity contribution in [2.24, 2.45) is 0 Å². The number of carbonyl (C=O) groups excluding carboxylic acids is 1. The number of aromatic nitrogens is 1. The topological polar surface area (TPSA) is 57.5 Å². The summed E-state index contributed by atoms with van der Waals surface area (Å²) in [6, 6.07) is 24.0. The first kappa shape index (κ1) is 19.5. The summed E-state index contributed by atoms with van der Waals surface area (Å²) >= 11 is 0. The van der Waals surface area contributed by atoms with Gasteiger partial charge in [0.1, 0.15) is 19.0 Å². The SMILES string of the molecule is Cc1ccc(-n2cc(C(=O)OCCOc3ccccc3)c3ccccc3c2=O)cc1. The van der Waals surface area contributed by atoms with Crippen LogP contribution in [-0.2, 0) is 4.74 Å². The van der Waals surface area contributed by atoms with E-state index in [0.29, 0.717) is 27.8 Å². The van der Waals surface area contributed by atoms with Gasteiger partial charge >= 0.3 is 5.97 Å². The van der Waals surface area contributed by atoms with Crippen LogP contribution in [0.4, 0.5) is 0 Å². The van der Waals surface area contributed by atoms with Gasteiger partial charge in [0.05, 0.1) is 5.56 Å². The van der Waals surface area contributed by atoms with Gasteiger partial charge in [-0.3, -0.25) is 9.36 Å². The zero-order chi connectivity index (χ0) is 20.9. The number of benzene rings is 3. The molecule has 0 N–H and O–H groups in total. The zero-order valence-electron chi connectivity index (χ0n) is 16.6. The van der Waals surface area contributed by atoms with E-state index in [1.54, 1.807) is 30.5 Å². The molecule has 0 radical (unpaired) electrons. The number of esters is 1. The Hall–Kier alpha value is -3.86. The third kappa shape index (κ3) is 4.10. The molecule has 3 aromatic carbocycles. The van der Waals surface area contributed by atoms with Crippen molar-refractivity contribution in [3.05, 3.63) is 107 Å². The molecule has 0 fully saturated rings.